The van der Waals surface area contributed by atoms with Crippen molar-refractivity contribution in [3.63, 3.8) is 0 Å². The number of amides is 1. The molecule has 1 aliphatic carbocycles. The number of ether oxygens (including phenoxy) is 3. The molecule has 5 rings (SSSR count). The molecule has 0 unspecified atom stereocenters. The molecule has 0 aromatic heterocycles. The molecule has 0 saturated carbocycles. The molecule has 2 saturated heterocycles. The first kappa shape index (κ1) is 33.1. The summed E-state index contributed by atoms with van der Waals surface area (Å²) in [5.74, 6) is -2.98. The number of alkyl halides is 8. The van der Waals surface area contributed by atoms with Gasteiger partial charge in [-0.05, 0) is 80.1 Å². The molecule has 6 nitrogen and oxygen atoms in total. The Bertz CT molecular complexity index is 1420. The lowest BCUT2D eigenvalue weighted by Crippen LogP contribution is -2.58. The van der Waals surface area contributed by atoms with Crippen molar-refractivity contribution < 1.29 is 54.1 Å². The van der Waals surface area contributed by atoms with E-state index in [1.807, 2.05) is 0 Å². The molecule has 2 aromatic rings. The van der Waals surface area contributed by atoms with E-state index in [0.29, 0.717) is 36.3 Å². The molecule has 1 amide bonds. The topological polar surface area (TPSA) is 51.2 Å². The van der Waals surface area contributed by atoms with Crippen LogP contribution in [0.5, 0.6) is 5.75 Å². The Balaban J connectivity index is 1.47. The normalized spacial score (nSPS) is 23.0. The second kappa shape index (κ2) is 12.5. The monoisotopic (exact) mass is 648 g/mol. The van der Waals surface area contributed by atoms with E-state index in [2.05, 4.69) is 0 Å². The van der Waals surface area contributed by atoms with Crippen LogP contribution in [0.4, 0.5) is 35.1 Å². The molecule has 3 aliphatic rings. The van der Waals surface area contributed by atoms with Gasteiger partial charge in [0, 0.05) is 23.7 Å². The summed E-state index contributed by atoms with van der Waals surface area (Å²) in [4.78, 5) is 15.8. The van der Waals surface area contributed by atoms with Gasteiger partial charge in [0.1, 0.15) is 25.4 Å². The van der Waals surface area contributed by atoms with E-state index in [9.17, 15) is 39.9 Å². The Morgan fingerprint density at radius 3 is 2.22 bits per heavy atom. The van der Waals surface area contributed by atoms with Gasteiger partial charge in [0.15, 0.2) is 0 Å². The Hall–Kier alpha value is -3.23. The lowest BCUT2D eigenvalue weighted by atomic mass is 9.85. The van der Waals surface area contributed by atoms with Gasteiger partial charge in [0.05, 0.1) is 31.3 Å². The Kier molecular flexibility index (Phi) is 9.22. The van der Waals surface area contributed by atoms with E-state index in [4.69, 9.17) is 14.2 Å². The number of carbonyl (C=O) groups excluding carboxylic acids is 1. The summed E-state index contributed by atoms with van der Waals surface area (Å²) in [6.45, 7) is 0.238. The molecule has 0 radical (unpaired) electrons. The van der Waals surface area contributed by atoms with E-state index in [1.54, 1.807) is 24.0 Å². The van der Waals surface area contributed by atoms with Crippen LogP contribution < -0.4 is 4.74 Å². The quantitative estimate of drug-likeness (QED) is 0.303. The van der Waals surface area contributed by atoms with Crippen molar-refractivity contribution in [1.82, 2.24) is 9.80 Å². The van der Waals surface area contributed by atoms with E-state index in [0.717, 1.165) is 28.9 Å². The minimum absolute atomic E-state index is 0.00162. The first-order valence-electron chi connectivity index (χ1n) is 14.4. The summed E-state index contributed by atoms with van der Waals surface area (Å²) in [7, 11) is 1.47. The van der Waals surface area contributed by atoms with Gasteiger partial charge >= 0.3 is 12.4 Å². The van der Waals surface area contributed by atoms with Gasteiger partial charge in [0.2, 0.25) is 0 Å². The van der Waals surface area contributed by atoms with Crippen LogP contribution in [-0.2, 0) is 21.8 Å². The van der Waals surface area contributed by atoms with Crippen molar-refractivity contribution in [2.75, 3.05) is 40.3 Å². The summed E-state index contributed by atoms with van der Waals surface area (Å²) < 4.78 is 125. The van der Waals surface area contributed by atoms with Gasteiger partial charge < -0.3 is 19.1 Å². The van der Waals surface area contributed by atoms with E-state index >= 15 is 0 Å². The molecule has 2 aromatic carbocycles. The number of hydrogen-bond acceptors (Lipinski definition) is 5. The number of halogens is 8. The molecule has 2 atom stereocenters. The fraction of sp³-hybridized carbons (Fsp3) is 0.516. The highest BCUT2D eigenvalue weighted by atomic mass is 19.4. The van der Waals surface area contributed by atoms with Crippen molar-refractivity contribution >= 4 is 11.5 Å². The standard InChI is InChI=1S/C31H32F8N2O4/c1-18-27(21-9-22(30(34,35)36)12-23(10-21)31(37,38)39)45-17-44-16-40(18)13-20-5-3-4-6-24(20)25-11-19(7-8-26(25)43-2)28(42)41-14-29(32,33)15-41/h7-12,18,27H,3-6,13-17H2,1-2H3/t18-,27-/m0/s1. The fourth-order valence-corrected chi connectivity index (χ4v) is 6.06. The number of nitrogens with zero attached hydrogens (tertiary/aromatic N) is 2. The van der Waals surface area contributed by atoms with E-state index < -0.39 is 60.5 Å². The molecule has 0 N–H and O–H groups in total. The highest BCUT2D eigenvalue weighted by Crippen LogP contribution is 2.42. The summed E-state index contributed by atoms with van der Waals surface area (Å²) >= 11 is 0. The van der Waals surface area contributed by atoms with Crippen LogP contribution in [0.25, 0.3) is 5.57 Å². The van der Waals surface area contributed by atoms with Gasteiger partial charge in [-0.15, -0.1) is 0 Å². The van der Waals surface area contributed by atoms with Crippen LogP contribution in [0.2, 0.25) is 0 Å². The third-order valence-corrected chi connectivity index (χ3v) is 8.42. The smallest absolute Gasteiger partial charge is 0.416 e. The van der Waals surface area contributed by atoms with Crippen LogP contribution in [0.15, 0.2) is 42.0 Å². The van der Waals surface area contributed by atoms with Crippen molar-refractivity contribution in [3.8, 4) is 5.75 Å². The Morgan fingerprint density at radius 2 is 1.62 bits per heavy atom. The fourth-order valence-electron chi connectivity index (χ4n) is 6.06. The zero-order valence-electron chi connectivity index (χ0n) is 24.5. The van der Waals surface area contributed by atoms with Gasteiger partial charge in [-0.1, -0.05) is 5.57 Å². The third kappa shape index (κ3) is 7.28. The van der Waals surface area contributed by atoms with Gasteiger partial charge in [-0.25, -0.2) is 8.78 Å². The number of hydrogen-bond donors (Lipinski definition) is 0. The first-order chi connectivity index (χ1) is 21.1. The molecule has 2 fully saturated rings. The summed E-state index contributed by atoms with van der Waals surface area (Å²) in [5, 5.41) is 0. The number of allylic oxidation sites excluding steroid dienone is 1. The van der Waals surface area contributed by atoms with Crippen LogP contribution in [0, 0.1) is 0 Å². The summed E-state index contributed by atoms with van der Waals surface area (Å²) in [6, 6.07) is 5.47. The zero-order valence-corrected chi connectivity index (χ0v) is 24.5. The van der Waals surface area contributed by atoms with Crippen LogP contribution in [0.1, 0.15) is 71.3 Å². The van der Waals surface area contributed by atoms with Gasteiger partial charge in [0.25, 0.3) is 11.8 Å². The third-order valence-electron chi connectivity index (χ3n) is 8.42. The molecule has 0 spiro atoms. The summed E-state index contributed by atoms with van der Waals surface area (Å²) in [6.07, 6.45) is -8.30. The van der Waals surface area contributed by atoms with Crippen molar-refractivity contribution in [3.05, 3.63) is 69.8 Å². The van der Waals surface area contributed by atoms with E-state index in [-0.39, 0.29) is 37.3 Å². The highest BCUT2D eigenvalue weighted by Gasteiger charge is 2.46. The average molecular weight is 649 g/mol. The van der Waals surface area contributed by atoms with Crippen LogP contribution in [0.3, 0.4) is 0 Å². The highest BCUT2D eigenvalue weighted by molar-refractivity contribution is 5.96. The lowest BCUT2D eigenvalue weighted by Gasteiger charge is -2.38. The molecule has 0 bridgehead atoms. The van der Waals surface area contributed by atoms with Crippen LogP contribution >= 0.6 is 0 Å². The maximum atomic E-state index is 13.6. The minimum atomic E-state index is -5.01. The first-order valence-corrected chi connectivity index (χ1v) is 14.4. The molecular weight excluding hydrogens is 616 g/mol. The lowest BCUT2D eigenvalue weighted by molar-refractivity contribution is -0.143. The SMILES string of the molecule is COc1ccc(C(=O)N2CC(F)(F)C2)cc1C1=C(CN2COCO[C@H](c3cc(C(F)(F)F)cc(C(F)(F)F)c3)[C@@H]2C)CCCC1. The zero-order chi connectivity index (χ0) is 32.7. The van der Waals surface area contributed by atoms with Crippen molar-refractivity contribution in [2.24, 2.45) is 0 Å². The molecular formula is C31H32F8N2O4. The Morgan fingerprint density at radius 1 is 0.978 bits per heavy atom. The van der Waals surface area contributed by atoms with Crippen molar-refractivity contribution in [2.45, 2.75) is 63.0 Å². The second-order valence-electron chi connectivity index (χ2n) is 11.6. The Labute approximate surface area is 254 Å². The number of carbonyl (C=O) groups is 1. The number of methoxy groups -OCH3 is 1. The summed E-state index contributed by atoms with van der Waals surface area (Å²) in [5.41, 5.74) is -0.494. The number of likely N-dealkylation sites (tertiary alicyclic amines) is 1. The molecule has 2 heterocycles. The van der Waals surface area contributed by atoms with E-state index in [1.165, 1.54) is 13.2 Å². The molecule has 2 aliphatic heterocycles. The largest absolute Gasteiger partial charge is 0.496 e. The predicted octanol–water partition coefficient (Wildman–Crippen LogP) is 7.55. The van der Waals surface area contributed by atoms with Crippen LogP contribution in [-0.4, -0.2) is 67.9 Å². The van der Waals surface area contributed by atoms with Crippen molar-refractivity contribution in [1.29, 1.82) is 0 Å². The second-order valence-corrected chi connectivity index (χ2v) is 11.6. The minimum Gasteiger partial charge on any atom is -0.496 e. The van der Waals surface area contributed by atoms with Gasteiger partial charge in [-0.2, -0.15) is 26.3 Å². The maximum Gasteiger partial charge on any atom is 0.416 e. The van der Waals surface area contributed by atoms with Gasteiger partial charge in [-0.3, -0.25) is 9.69 Å². The number of benzene rings is 2. The molecule has 246 valence electrons. The predicted molar refractivity (Wildman–Crippen MR) is 146 cm³/mol. The average Bonchev–Trinajstić information content (AvgIpc) is 3.15. The molecule has 45 heavy (non-hydrogen) atoms. The molecule has 14 heteroatoms. The maximum absolute atomic E-state index is 13.6. The number of rotatable bonds is 6.